The third-order valence-electron chi connectivity index (χ3n) is 2.27. The Hall–Kier alpha value is -2.01. The third kappa shape index (κ3) is 2.62. The van der Waals surface area contributed by atoms with Gasteiger partial charge >= 0.3 is 0 Å². The molecular weight excluding hydrogens is 245 g/mol. The molecule has 0 atom stereocenters. The molecule has 1 N–H and O–H groups in total. The summed E-state index contributed by atoms with van der Waals surface area (Å²) in [6, 6.07) is 6.52. The van der Waals surface area contributed by atoms with Crippen molar-refractivity contribution in [2.45, 2.75) is 6.61 Å². The largest absolute Gasteiger partial charge is 0.454 e. The lowest BCUT2D eigenvalue weighted by Gasteiger charge is -2.10. The summed E-state index contributed by atoms with van der Waals surface area (Å²) in [5, 5.41) is 9.04. The molecule has 0 aromatic heterocycles. The Kier molecular flexibility index (Phi) is 3.53. The van der Waals surface area contributed by atoms with Gasteiger partial charge in [0.15, 0.2) is 11.6 Å². The van der Waals surface area contributed by atoms with Crippen LogP contribution in [-0.4, -0.2) is 5.11 Å². The molecule has 0 aliphatic heterocycles. The molecule has 0 aliphatic rings. The minimum absolute atomic E-state index is 0.174. The summed E-state index contributed by atoms with van der Waals surface area (Å²) in [5.74, 6) is -2.79. The molecule has 0 amide bonds. The number of ether oxygens (including phenoxy) is 1. The van der Waals surface area contributed by atoms with E-state index in [2.05, 4.69) is 0 Å². The number of aliphatic hydroxyl groups excluding tert-OH is 1. The average Bonchev–Trinajstić information content (AvgIpc) is 2.30. The van der Waals surface area contributed by atoms with E-state index in [1.54, 1.807) is 0 Å². The molecule has 2 aromatic carbocycles. The molecule has 0 saturated heterocycles. The van der Waals surface area contributed by atoms with Crippen LogP contribution in [0.5, 0.6) is 11.5 Å². The Morgan fingerprint density at radius 3 is 2.28 bits per heavy atom. The van der Waals surface area contributed by atoms with E-state index in [-0.39, 0.29) is 17.1 Å². The molecule has 94 valence electrons. The van der Waals surface area contributed by atoms with E-state index >= 15 is 0 Å². The lowest BCUT2D eigenvalue weighted by atomic mass is 10.2. The van der Waals surface area contributed by atoms with Gasteiger partial charge in [-0.25, -0.2) is 13.2 Å². The van der Waals surface area contributed by atoms with Crippen LogP contribution in [0.4, 0.5) is 13.2 Å². The SMILES string of the molecule is OCc1cccc(F)c1Oc1cc(F)cc(F)c1. The summed E-state index contributed by atoms with van der Waals surface area (Å²) in [4.78, 5) is 0. The van der Waals surface area contributed by atoms with E-state index < -0.39 is 24.1 Å². The van der Waals surface area contributed by atoms with E-state index in [0.717, 1.165) is 18.2 Å². The second kappa shape index (κ2) is 5.10. The average molecular weight is 254 g/mol. The minimum Gasteiger partial charge on any atom is -0.454 e. The van der Waals surface area contributed by atoms with Gasteiger partial charge in [-0.3, -0.25) is 0 Å². The summed E-state index contributed by atoms with van der Waals surface area (Å²) in [5.41, 5.74) is 0.194. The normalized spacial score (nSPS) is 10.4. The van der Waals surface area contributed by atoms with Crippen molar-refractivity contribution in [2.24, 2.45) is 0 Å². The molecular formula is C13H9F3O2. The van der Waals surface area contributed by atoms with E-state index in [4.69, 9.17) is 9.84 Å². The van der Waals surface area contributed by atoms with Crippen molar-refractivity contribution >= 4 is 0 Å². The highest BCUT2D eigenvalue weighted by molar-refractivity contribution is 5.38. The highest BCUT2D eigenvalue weighted by Gasteiger charge is 2.11. The molecule has 0 heterocycles. The predicted octanol–water partition coefficient (Wildman–Crippen LogP) is 3.39. The summed E-state index contributed by atoms with van der Waals surface area (Å²) < 4.78 is 44.5. The topological polar surface area (TPSA) is 29.5 Å². The van der Waals surface area contributed by atoms with E-state index in [9.17, 15) is 13.2 Å². The number of hydrogen-bond acceptors (Lipinski definition) is 2. The standard InChI is InChI=1S/C13H9F3O2/c14-9-4-10(15)6-11(5-9)18-13-8(7-17)2-1-3-12(13)16/h1-6,17H,7H2. The quantitative estimate of drug-likeness (QED) is 0.909. The summed E-state index contributed by atoms with van der Waals surface area (Å²) in [6.07, 6.45) is 0. The molecule has 0 unspecified atom stereocenters. The van der Waals surface area contributed by atoms with Crippen LogP contribution in [0.25, 0.3) is 0 Å². The van der Waals surface area contributed by atoms with Gasteiger partial charge in [-0.05, 0) is 6.07 Å². The Bertz CT molecular complexity index is 550. The zero-order chi connectivity index (χ0) is 13.1. The smallest absolute Gasteiger partial charge is 0.168 e. The van der Waals surface area contributed by atoms with Crippen molar-refractivity contribution in [3.8, 4) is 11.5 Å². The number of aliphatic hydroxyl groups is 1. The molecule has 0 spiro atoms. The van der Waals surface area contributed by atoms with Crippen LogP contribution < -0.4 is 4.74 Å². The zero-order valence-electron chi connectivity index (χ0n) is 9.16. The van der Waals surface area contributed by atoms with E-state index in [1.165, 1.54) is 12.1 Å². The lowest BCUT2D eigenvalue weighted by molar-refractivity contribution is 0.274. The van der Waals surface area contributed by atoms with Crippen molar-refractivity contribution in [1.29, 1.82) is 0 Å². The first kappa shape index (κ1) is 12.4. The van der Waals surface area contributed by atoms with Gasteiger partial charge in [0.2, 0.25) is 0 Å². The molecule has 0 radical (unpaired) electrons. The predicted molar refractivity (Wildman–Crippen MR) is 58.8 cm³/mol. The number of hydrogen-bond donors (Lipinski definition) is 1. The van der Waals surface area contributed by atoms with Crippen molar-refractivity contribution in [3.63, 3.8) is 0 Å². The van der Waals surface area contributed by atoms with Crippen molar-refractivity contribution in [3.05, 3.63) is 59.4 Å². The monoisotopic (exact) mass is 254 g/mol. The number of rotatable bonds is 3. The molecule has 0 fully saturated rings. The fourth-order valence-corrected chi connectivity index (χ4v) is 1.50. The first-order valence-electron chi connectivity index (χ1n) is 5.12. The number of benzene rings is 2. The van der Waals surface area contributed by atoms with Gasteiger partial charge in [0.1, 0.15) is 17.4 Å². The van der Waals surface area contributed by atoms with Gasteiger partial charge in [-0.15, -0.1) is 0 Å². The van der Waals surface area contributed by atoms with Gasteiger partial charge in [-0.2, -0.15) is 0 Å². The molecule has 2 nitrogen and oxygen atoms in total. The minimum atomic E-state index is -0.827. The molecule has 18 heavy (non-hydrogen) atoms. The van der Waals surface area contributed by atoms with E-state index in [0.29, 0.717) is 6.07 Å². The summed E-state index contributed by atoms with van der Waals surface area (Å²) in [7, 11) is 0. The van der Waals surface area contributed by atoms with Crippen molar-refractivity contribution in [2.75, 3.05) is 0 Å². The maximum atomic E-state index is 13.5. The fraction of sp³-hybridized carbons (Fsp3) is 0.0769. The lowest BCUT2D eigenvalue weighted by Crippen LogP contribution is -1.96. The Balaban J connectivity index is 2.39. The maximum absolute atomic E-state index is 13.5. The molecule has 0 bridgehead atoms. The third-order valence-corrected chi connectivity index (χ3v) is 2.27. The van der Waals surface area contributed by atoms with Gasteiger partial charge in [0.05, 0.1) is 6.61 Å². The van der Waals surface area contributed by atoms with Crippen LogP contribution in [0.3, 0.4) is 0 Å². The van der Waals surface area contributed by atoms with Gasteiger partial charge in [0.25, 0.3) is 0 Å². The maximum Gasteiger partial charge on any atom is 0.168 e. The summed E-state index contributed by atoms with van der Waals surface area (Å²) in [6.45, 7) is -0.440. The van der Waals surface area contributed by atoms with Crippen LogP contribution >= 0.6 is 0 Å². The van der Waals surface area contributed by atoms with Gasteiger partial charge in [0, 0.05) is 23.8 Å². The molecule has 2 rings (SSSR count). The van der Waals surface area contributed by atoms with Crippen molar-refractivity contribution < 1.29 is 23.0 Å². The van der Waals surface area contributed by atoms with Crippen LogP contribution in [0.2, 0.25) is 0 Å². The van der Waals surface area contributed by atoms with Crippen LogP contribution in [-0.2, 0) is 6.61 Å². The Morgan fingerprint density at radius 1 is 1.00 bits per heavy atom. The Labute approximate surface area is 101 Å². The number of para-hydroxylation sites is 1. The van der Waals surface area contributed by atoms with Crippen LogP contribution in [0.1, 0.15) is 5.56 Å². The fourth-order valence-electron chi connectivity index (χ4n) is 1.50. The molecule has 2 aromatic rings. The first-order valence-corrected chi connectivity index (χ1v) is 5.12. The Morgan fingerprint density at radius 2 is 1.67 bits per heavy atom. The van der Waals surface area contributed by atoms with Crippen LogP contribution in [0.15, 0.2) is 36.4 Å². The van der Waals surface area contributed by atoms with Crippen LogP contribution in [0, 0.1) is 17.5 Å². The highest BCUT2D eigenvalue weighted by Crippen LogP contribution is 2.29. The number of halogens is 3. The van der Waals surface area contributed by atoms with Gasteiger partial charge < -0.3 is 9.84 Å². The highest BCUT2D eigenvalue weighted by atomic mass is 19.1. The molecule has 0 saturated carbocycles. The zero-order valence-corrected chi connectivity index (χ0v) is 9.16. The molecule has 5 heteroatoms. The summed E-state index contributed by atoms with van der Waals surface area (Å²) >= 11 is 0. The van der Waals surface area contributed by atoms with E-state index in [1.807, 2.05) is 0 Å². The second-order valence-electron chi connectivity index (χ2n) is 3.59. The second-order valence-corrected chi connectivity index (χ2v) is 3.59. The van der Waals surface area contributed by atoms with Gasteiger partial charge in [-0.1, -0.05) is 12.1 Å². The first-order chi connectivity index (χ1) is 8.60. The molecule has 0 aliphatic carbocycles. The van der Waals surface area contributed by atoms with Crippen molar-refractivity contribution in [1.82, 2.24) is 0 Å².